The van der Waals surface area contributed by atoms with Gasteiger partial charge in [0.1, 0.15) is 11.3 Å². The number of carbonyl (C=O) groups is 1. The van der Waals surface area contributed by atoms with Gasteiger partial charge in [0.05, 0.1) is 12.7 Å². The van der Waals surface area contributed by atoms with Gasteiger partial charge in [-0.05, 0) is 78.7 Å². The van der Waals surface area contributed by atoms with Crippen LogP contribution in [0, 0.1) is 0 Å². The van der Waals surface area contributed by atoms with Crippen molar-refractivity contribution in [2.45, 2.75) is 26.2 Å². The summed E-state index contributed by atoms with van der Waals surface area (Å²) in [7, 11) is 1.49. The zero-order valence-electron chi connectivity index (χ0n) is 19.0. The second-order valence-corrected chi connectivity index (χ2v) is 8.73. The Bertz CT molecular complexity index is 1370. The number of nitrogens with zero attached hydrogens (tertiary/aromatic N) is 1. The first-order valence-corrected chi connectivity index (χ1v) is 11.6. The van der Waals surface area contributed by atoms with E-state index in [-0.39, 0.29) is 10.7 Å². The van der Waals surface area contributed by atoms with E-state index in [4.69, 9.17) is 33.0 Å². The number of anilines is 1. The summed E-state index contributed by atoms with van der Waals surface area (Å²) in [5, 5.41) is 6.24. The number of rotatable bonds is 6. The molecule has 0 aliphatic heterocycles. The highest BCUT2D eigenvalue weighted by Gasteiger charge is 2.15. The lowest BCUT2D eigenvalue weighted by atomic mass is 9.98. The lowest BCUT2D eigenvalue weighted by molar-refractivity contribution is 0.0975. The molecule has 0 fully saturated rings. The third kappa shape index (κ3) is 5.21. The lowest BCUT2D eigenvalue weighted by Crippen LogP contribution is -2.34. The number of thiocarbonyl (C=S) groups is 1. The molecule has 174 valence electrons. The number of ether oxygens (including phenoxy) is 1. The van der Waals surface area contributed by atoms with Crippen LogP contribution in [0.25, 0.3) is 22.6 Å². The van der Waals surface area contributed by atoms with Gasteiger partial charge in [0.25, 0.3) is 5.91 Å². The SMILES string of the molecule is CC[C@H](C)c1ccc2oc(-c3cccc(NC(=S)NC(=O)c4cc(Cl)ccc4OC)c3)nc2c1. The smallest absolute Gasteiger partial charge is 0.261 e. The number of fused-ring (bicyclic) bond motifs is 1. The molecule has 0 spiro atoms. The van der Waals surface area contributed by atoms with Crippen LogP contribution < -0.4 is 15.4 Å². The molecule has 1 heterocycles. The fourth-order valence-electron chi connectivity index (χ4n) is 3.53. The predicted molar refractivity (Wildman–Crippen MR) is 140 cm³/mol. The summed E-state index contributed by atoms with van der Waals surface area (Å²) in [5.74, 6) is 0.946. The number of nitrogens with one attached hydrogen (secondary N) is 2. The molecule has 0 aliphatic rings. The Labute approximate surface area is 208 Å². The van der Waals surface area contributed by atoms with Gasteiger partial charge in [-0.25, -0.2) is 4.98 Å². The Morgan fingerprint density at radius 3 is 2.76 bits per heavy atom. The third-order valence-corrected chi connectivity index (χ3v) is 6.03. The van der Waals surface area contributed by atoms with Gasteiger partial charge >= 0.3 is 0 Å². The van der Waals surface area contributed by atoms with E-state index in [1.807, 2.05) is 30.3 Å². The molecule has 0 bridgehead atoms. The van der Waals surface area contributed by atoms with Crippen molar-refractivity contribution in [3.63, 3.8) is 0 Å². The topological polar surface area (TPSA) is 76.4 Å². The van der Waals surface area contributed by atoms with Gasteiger partial charge in [-0.2, -0.15) is 0 Å². The number of hydrogen-bond acceptors (Lipinski definition) is 5. The maximum atomic E-state index is 12.7. The Morgan fingerprint density at radius 1 is 1.18 bits per heavy atom. The minimum absolute atomic E-state index is 0.139. The Morgan fingerprint density at radius 2 is 2.00 bits per heavy atom. The molecule has 1 aromatic heterocycles. The molecule has 1 atom stereocenters. The minimum atomic E-state index is -0.427. The van der Waals surface area contributed by atoms with Crippen LogP contribution in [0.4, 0.5) is 5.69 Å². The Kier molecular flexibility index (Phi) is 7.14. The molecule has 0 saturated heterocycles. The summed E-state index contributed by atoms with van der Waals surface area (Å²) < 4.78 is 11.2. The Hall–Kier alpha value is -3.42. The number of hydrogen-bond donors (Lipinski definition) is 2. The van der Waals surface area contributed by atoms with Crippen LogP contribution >= 0.6 is 23.8 Å². The molecule has 34 heavy (non-hydrogen) atoms. The molecular weight excluding hydrogens is 470 g/mol. The average molecular weight is 494 g/mol. The molecule has 1 amide bonds. The Balaban J connectivity index is 1.50. The summed E-state index contributed by atoms with van der Waals surface area (Å²) in [6.45, 7) is 4.36. The van der Waals surface area contributed by atoms with E-state index in [1.165, 1.54) is 18.7 Å². The summed E-state index contributed by atoms with van der Waals surface area (Å²) in [4.78, 5) is 17.3. The zero-order chi connectivity index (χ0) is 24.2. The highest BCUT2D eigenvalue weighted by Crippen LogP contribution is 2.29. The maximum Gasteiger partial charge on any atom is 0.261 e. The van der Waals surface area contributed by atoms with Gasteiger partial charge < -0.3 is 14.5 Å². The minimum Gasteiger partial charge on any atom is -0.496 e. The predicted octanol–water partition coefficient (Wildman–Crippen LogP) is 6.80. The number of methoxy groups -OCH3 is 1. The molecule has 0 unspecified atom stereocenters. The highest BCUT2D eigenvalue weighted by atomic mass is 35.5. The van der Waals surface area contributed by atoms with Crippen molar-refractivity contribution < 1.29 is 13.9 Å². The summed E-state index contributed by atoms with van der Waals surface area (Å²) in [6.07, 6.45) is 1.06. The second-order valence-electron chi connectivity index (χ2n) is 7.89. The van der Waals surface area contributed by atoms with Crippen LogP contribution in [0.15, 0.2) is 65.1 Å². The van der Waals surface area contributed by atoms with Crippen molar-refractivity contribution in [2.75, 3.05) is 12.4 Å². The molecule has 2 N–H and O–H groups in total. The monoisotopic (exact) mass is 493 g/mol. The molecule has 4 rings (SSSR count). The van der Waals surface area contributed by atoms with E-state index in [0.29, 0.717) is 28.3 Å². The summed E-state index contributed by atoms with van der Waals surface area (Å²) >= 11 is 11.4. The molecular formula is C26H24ClN3O3S. The molecule has 6 nitrogen and oxygen atoms in total. The quantitative estimate of drug-likeness (QED) is 0.288. The van der Waals surface area contributed by atoms with Gasteiger partial charge in [0.2, 0.25) is 5.89 Å². The van der Waals surface area contributed by atoms with Gasteiger partial charge in [0, 0.05) is 16.3 Å². The van der Waals surface area contributed by atoms with Crippen LogP contribution in [0.2, 0.25) is 5.02 Å². The number of amides is 1. The molecule has 8 heteroatoms. The van der Waals surface area contributed by atoms with Gasteiger partial charge in [-0.3, -0.25) is 10.1 Å². The van der Waals surface area contributed by atoms with E-state index in [1.54, 1.807) is 12.1 Å². The van der Waals surface area contributed by atoms with Gasteiger partial charge in [-0.15, -0.1) is 0 Å². The molecule has 0 saturated carbocycles. The first kappa shape index (κ1) is 23.7. The van der Waals surface area contributed by atoms with Gasteiger partial charge in [-0.1, -0.05) is 37.6 Å². The van der Waals surface area contributed by atoms with Crippen molar-refractivity contribution >= 4 is 51.6 Å². The number of oxazole rings is 1. The van der Waals surface area contributed by atoms with Crippen LogP contribution in [0.3, 0.4) is 0 Å². The van der Waals surface area contributed by atoms with E-state index >= 15 is 0 Å². The second kappa shape index (κ2) is 10.2. The standard InChI is InChI=1S/C26H24ClN3O3S/c1-4-15(2)16-8-10-23-21(13-16)29-25(33-23)17-6-5-7-19(12-17)28-26(34)30-24(31)20-14-18(27)9-11-22(20)32-3/h5-15H,4H2,1-3H3,(H2,28,30,31,34)/t15-/m0/s1. The largest absolute Gasteiger partial charge is 0.496 e. The van der Waals surface area contributed by atoms with E-state index < -0.39 is 5.91 Å². The molecule has 0 aliphatic carbocycles. The van der Waals surface area contributed by atoms with Crippen LogP contribution in [-0.2, 0) is 0 Å². The van der Waals surface area contributed by atoms with E-state index in [2.05, 4.69) is 41.6 Å². The highest BCUT2D eigenvalue weighted by molar-refractivity contribution is 7.80. The number of carbonyl (C=O) groups excluding carboxylic acids is 1. The van der Waals surface area contributed by atoms with Crippen molar-refractivity contribution in [1.82, 2.24) is 10.3 Å². The first-order valence-electron chi connectivity index (χ1n) is 10.8. The lowest BCUT2D eigenvalue weighted by Gasteiger charge is -2.12. The van der Waals surface area contributed by atoms with Crippen LogP contribution in [0.1, 0.15) is 42.1 Å². The summed E-state index contributed by atoms with van der Waals surface area (Å²) in [5.41, 5.74) is 4.56. The van der Waals surface area contributed by atoms with Crippen molar-refractivity contribution in [3.05, 3.63) is 76.8 Å². The molecule has 4 aromatic rings. The number of benzene rings is 3. The average Bonchev–Trinajstić information content (AvgIpc) is 3.27. The van der Waals surface area contributed by atoms with Gasteiger partial charge in [0.15, 0.2) is 10.7 Å². The number of aromatic nitrogens is 1. The van der Waals surface area contributed by atoms with Crippen molar-refractivity contribution in [3.8, 4) is 17.2 Å². The maximum absolute atomic E-state index is 12.7. The van der Waals surface area contributed by atoms with Crippen molar-refractivity contribution in [2.24, 2.45) is 0 Å². The normalized spacial score (nSPS) is 11.8. The zero-order valence-corrected chi connectivity index (χ0v) is 20.6. The third-order valence-electron chi connectivity index (χ3n) is 5.59. The van der Waals surface area contributed by atoms with Crippen molar-refractivity contribution in [1.29, 1.82) is 0 Å². The molecule has 3 aromatic carbocycles. The summed E-state index contributed by atoms with van der Waals surface area (Å²) in [6, 6.07) is 18.4. The number of halogens is 1. The fraction of sp³-hybridized carbons (Fsp3) is 0.192. The van der Waals surface area contributed by atoms with Crippen LogP contribution in [0.5, 0.6) is 5.75 Å². The van der Waals surface area contributed by atoms with E-state index in [0.717, 1.165) is 23.1 Å². The van der Waals surface area contributed by atoms with E-state index in [9.17, 15) is 4.79 Å². The fourth-order valence-corrected chi connectivity index (χ4v) is 3.91. The van der Waals surface area contributed by atoms with Crippen LogP contribution in [-0.4, -0.2) is 23.1 Å². The first-order chi connectivity index (χ1) is 16.4. The molecule has 0 radical (unpaired) electrons.